The molecule has 0 unspecified atom stereocenters. The van der Waals surface area contributed by atoms with Gasteiger partial charge in [-0.05, 0) is 24.7 Å². The summed E-state index contributed by atoms with van der Waals surface area (Å²) in [4.78, 5) is 22.3. The molecule has 0 saturated carbocycles. The number of hydrogen-bond donors (Lipinski definition) is 3. The van der Waals surface area contributed by atoms with Crippen molar-refractivity contribution >= 4 is 23.2 Å². The maximum Gasteiger partial charge on any atom is 0.238 e. The standard InChI is InChI=1S/C12H16FN3O2/c1-3-14-7-12(18)16-11-6-9(15-8(2)17)4-5-10(11)13/h4-6,14H,3,7H2,1-2H3,(H,15,17)(H,16,18). The van der Waals surface area contributed by atoms with E-state index in [-0.39, 0.29) is 24.0 Å². The first kappa shape index (κ1) is 14.1. The minimum absolute atomic E-state index is 0.0455. The monoisotopic (exact) mass is 253 g/mol. The number of rotatable bonds is 5. The van der Waals surface area contributed by atoms with Crippen LogP contribution in [0.5, 0.6) is 0 Å². The smallest absolute Gasteiger partial charge is 0.238 e. The summed E-state index contributed by atoms with van der Waals surface area (Å²) in [6.07, 6.45) is 0. The summed E-state index contributed by atoms with van der Waals surface area (Å²) >= 11 is 0. The molecular weight excluding hydrogens is 237 g/mol. The molecule has 0 aliphatic carbocycles. The Morgan fingerprint density at radius 2 is 2.00 bits per heavy atom. The minimum atomic E-state index is -0.547. The molecule has 0 fully saturated rings. The van der Waals surface area contributed by atoms with Crippen LogP contribution in [0.25, 0.3) is 0 Å². The molecule has 0 aromatic heterocycles. The maximum atomic E-state index is 13.4. The molecule has 0 bridgehead atoms. The molecule has 1 aromatic rings. The summed E-state index contributed by atoms with van der Waals surface area (Å²) in [6.45, 7) is 3.99. The largest absolute Gasteiger partial charge is 0.326 e. The third-order valence-electron chi connectivity index (χ3n) is 2.10. The van der Waals surface area contributed by atoms with E-state index in [1.807, 2.05) is 6.92 Å². The molecule has 1 rings (SSSR count). The molecule has 2 amide bonds. The van der Waals surface area contributed by atoms with Gasteiger partial charge >= 0.3 is 0 Å². The Labute approximate surface area is 105 Å². The Morgan fingerprint density at radius 1 is 1.28 bits per heavy atom. The Kier molecular flexibility index (Phi) is 5.26. The van der Waals surface area contributed by atoms with Crippen LogP contribution in [0.1, 0.15) is 13.8 Å². The van der Waals surface area contributed by atoms with Crippen LogP contribution in [0, 0.1) is 5.82 Å². The minimum Gasteiger partial charge on any atom is -0.326 e. The second kappa shape index (κ2) is 6.70. The van der Waals surface area contributed by atoms with Gasteiger partial charge in [0.1, 0.15) is 5.82 Å². The Hall–Kier alpha value is -1.95. The van der Waals surface area contributed by atoms with Crippen molar-refractivity contribution in [3.05, 3.63) is 24.0 Å². The number of likely N-dealkylation sites (N-methyl/N-ethyl adjacent to an activating group) is 1. The lowest BCUT2D eigenvalue weighted by Gasteiger charge is -2.09. The molecule has 0 saturated heterocycles. The van der Waals surface area contributed by atoms with Crippen molar-refractivity contribution < 1.29 is 14.0 Å². The lowest BCUT2D eigenvalue weighted by Crippen LogP contribution is -2.28. The molecule has 0 radical (unpaired) electrons. The van der Waals surface area contributed by atoms with Crippen LogP contribution in [0.4, 0.5) is 15.8 Å². The highest BCUT2D eigenvalue weighted by Crippen LogP contribution is 2.19. The van der Waals surface area contributed by atoms with E-state index in [0.29, 0.717) is 12.2 Å². The van der Waals surface area contributed by atoms with Gasteiger partial charge in [-0.15, -0.1) is 0 Å². The number of nitrogens with one attached hydrogen (secondary N) is 3. The molecule has 3 N–H and O–H groups in total. The first-order chi connectivity index (χ1) is 8.52. The van der Waals surface area contributed by atoms with Gasteiger partial charge in [-0.1, -0.05) is 6.92 Å². The van der Waals surface area contributed by atoms with Crippen molar-refractivity contribution in [3.63, 3.8) is 0 Å². The zero-order valence-electron chi connectivity index (χ0n) is 10.3. The molecule has 0 aliphatic heterocycles. The predicted octanol–water partition coefficient (Wildman–Crippen LogP) is 1.33. The van der Waals surface area contributed by atoms with Gasteiger partial charge in [-0.2, -0.15) is 0 Å². The molecule has 0 spiro atoms. The van der Waals surface area contributed by atoms with Gasteiger partial charge in [0.05, 0.1) is 12.2 Å². The summed E-state index contributed by atoms with van der Waals surface area (Å²) < 4.78 is 13.4. The average molecular weight is 253 g/mol. The van der Waals surface area contributed by atoms with Gasteiger partial charge in [0.15, 0.2) is 0 Å². The van der Waals surface area contributed by atoms with Crippen molar-refractivity contribution in [1.82, 2.24) is 5.32 Å². The maximum absolute atomic E-state index is 13.4. The van der Waals surface area contributed by atoms with Crippen molar-refractivity contribution in [2.75, 3.05) is 23.7 Å². The Bertz CT molecular complexity index is 449. The van der Waals surface area contributed by atoms with E-state index in [2.05, 4.69) is 16.0 Å². The van der Waals surface area contributed by atoms with E-state index in [1.54, 1.807) is 0 Å². The normalized spacial score (nSPS) is 9.94. The van der Waals surface area contributed by atoms with E-state index in [4.69, 9.17) is 0 Å². The summed E-state index contributed by atoms with van der Waals surface area (Å²) in [6, 6.07) is 3.99. The van der Waals surface area contributed by atoms with Gasteiger partial charge in [0, 0.05) is 12.6 Å². The fourth-order valence-corrected chi connectivity index (χ4v) is 1.34. The fourth-order valence-electron chi connectivity index (χ4n) is 1.34. The topological polar surface area (TPSA) is 70.2 Å². The number of halogens is 1. The highest BCUT2D eigenvalue weighted by Gasteiger charge is 2.08. The van der Waals surface area contributed by atoms with Crippen molar-refractivity contribution in [1.29, 1.82) is 0 Å². The summed E-state index contributed by atoms with van der Waals surface area (Å²) in [5.41, 5.74) is 0.479. The van der Waals surface area contributed by atoms with Gasteiger partial charge < -0.3 is 16.0 Å². The van der Waals surface area contributed by atoms with Gasteiger partial charge in [0.25, 0.3) is 0 Å². The third-order valence-corrected chi connectivity index (χ3v) is 2.10. The van der Waals surface area contributed by atoms with E-state index in [1.165, 1.54) is 25.1 Å². The first-order valence-corrected chi connectivity index (χ1v) is 5.60. The predicted molar refractivity (Wildman–Crippen MR) is 67.9 cm³/mol. The first-order valence-electron chi connectivity index (χ1n) is 5.60. The van der Waals surface area contributed by atoms with E-state index in [0.717, 1.165) is 0 Å². The van der Waals surface area contributed by atoms with Crippen LogP contribution in [0.3, 0.4) is 0 Å². The fraction of sp³-hybridized carbons (Fsp3) is 0.333. The molecule has 0 atom stereocenters. The number of anilines is 2. The summed E-state index contributed by atoms with van der Waals surface area (Å²) in [5.74, 6) is -1.14. The number of amides is 2. The highest BCUT2D eigenvalue weighted by molar-refractivity contribution is 5.94. The van der Waals surface area contributed by atoms with Crippen molar-refractivity contribution in [2.45, 2.75) is 13.8 Å². The lowest BCUT2D eigenvalue weighted by molar-refractivity contribution is -0.115. The van der Waals surface area contributed by atoms with Gasteiger partial charge in [-0.25, -0.2) is 4.39 Å². The highest BCUT2D eigenvalue weighted by atomic mass is 19.1. The zero-order valence-corrected chi connectivity index (χ0v) is 10.3. The molecule has 0 aliphatic rings. The van der Waals surface area contributed by atoms with Crippen LogP contribution in [0.2, 0.25) is 0 Å². The molecule has 98 valence electrons. The van der Waals surface area contributed by atoms with E-state index >= 15 is 0 Å². The van der Waals surface area contributed by atoms with Crippen molar-refractivity contribution in [2.24, 2.45) is 0 Å². The van der Waals surface area contributed by atoms with Crippen molar-refractivity contribution in [3.8, 4) is 0 Å². The summed E-state index contributed by atoms with van der Waals surface area (Å²) in [7, 11) is 0. The molecule has 0 heterocycles. The number of hydrogen-bond acceptors (Lipinski definition) is 3. The summed E-state index contributed by atoms with van der Waals surface area (Å²) in [5, 5.41) is 7.78. The number of carbonyl (C=O) groups excluding carboxylic acids is 2. The number of carbonyl (C=O) groups is 2. The van der Waals surface area contributed by atoms with Crippen LogP contribution in [0.15, 0.2) is 18.2 Å². The second-order valence-electron chi connectivity index (χ2n) is 3.70. The Balaban J connectivity index is 2.74. The quantitative estimate of drug-likeness (QED) is 0.741. The number of benzene rings is 1. The van der Waals surface area contributed by atoms with Crippen LogP contribution >= 0.6 is 0 Å². The van der Waals surface area contributed by atoms with Gasteiger partial charge in [-0.3, -0.25) is 9.59 Å². The molecule has 6 heteroatoms. The van der Waals surface area contributed by atoms with Crippen LogP contribution < -0.4 is 16.0 Å². The molecule has 18 heavy (non-hydrogen) atoms. The molecule has 5 nitrogen and oxygen atoms in total. The van der Waals surface area contributed by atoms with Crippen LogP contribution in [-0.4, -0.2) is 24.9 Å². The van der Waals surface area contributed by atoms with Crippen LogP contribution in [-0.2, 0) is 9.59 Å². The Morgan fingerprint density at radius 3 is 2.61 bits per heavy atom. The van der Waals surface area contributed by atoms with E-state index < -0.39 is 5.82 Å². The third kappa shape index (κ3) is 4.50. The van der Waals surface area contributed by atoms with E-state index in [9.17, 15) is 14.0 Å². The zero-order chi connectivity index (χ0) is 13.5. The second-order valence-corrected chi connectivity index (χ2v) is 3.70. The molecule has 1 aromatic carbocycles. The van der Waals surface area contributed by atoms with Gasteiger partial charge in [0.2, 0.25) is 11.8 Å². The SMILES string of the molecule is CCNCC(=O)Nc1cc(NC(C)=O)ccc1F. The average Bonchev–Trinajstić information content (AvgIpc) is 2.30. The molecular formula is C12H16FN3O2. The lowest BCUT2D eigenvalue weighted by atomic mass is 10.2.